The summed E-state index contributed by atoms with van der Waals surface area (Å²) in [6.45, 7) is 4.80. The maximum absolute atomic E-state index is 8.45. The first-order valence-electron chi connectivity index (χ1n) is 6.52. The van der Waals surface area contributed by atoms with Gasteiger partial charge in [0.2, 0.25) is 0 Å². The maximum Gasteiger partial charge on any atom is 0.0701 e. The predicted molar refractivity (Wildman–Crippen MR) is 74.0 cm³/mol. The molecule has 7 nitrogen and oxygen atoms in total. The molecule has 0 aliphatic heterocycles. The molecule has 0 aromatic carbocycles. The van der Waals surface area contributed by atoms with Crippen molar-refractivity contribution in [1.82, 2.24) is 0 Å². The van der Waals surface area contributed by atoms with Crippen LogP contribution in [0.1, 0.15) is 0 Å². The molecular formula is C12H26KO7. The monoisotopic (exact) mass is 321 g/mol. The zero-order chi connectivity index (χ0) is 14.0. The molecule has 2 N–H and O–H groups in total. The Bertz CT molecular complexity index is 147. The minimum Gasteiger partial charge on any atom is -0.394 e. The van der Waals surface area contributed by atoms with Crippen LogP contribution < -0.4 is 0 Å². The smallest absolute Gasteiger partial charge is 0.0701 e. The Labute approximate surface area is 163 Å². The molecule has 8 heteroatoms. The van der Waals surface area contributed by atoms with Crippen LogP contribution in [0.2, 0.25) is 0 Å². The van der Waals surface area contributed by atoms with E-state index in [-0.39, 0.29) is 64.6 Å². The van der Waals surface area contributed by atoms with Crippen LogP contribution in [0.25, 0.3) is 0 Å². The summed E-state index contributed by atoms with van der Waals surface area (Å²) in [5.41, 5.74) is 0. The standard InChI is InChI=1S/C12H26O7.K/c13-1-3-15-5-7-17-9-11-19-12-10-18-8-6-16-4-2-14;/h13-14H,1-12H2;. The van der Waals surface area contributed by atoms with Gasteiger partial charge in [-0.05, 0) is 0 Å². The van der Waals surface area contributed by atoms with Crippen molar-refractivity contribution < 1.29 is 33.9 Å². The Morgan fingerprint density at radius 2 is 0.600 bits per heavy atom. The number of aliphatic hydroxyl groups is 2. The van der Waals surface area contributed by atoms with E-state index >= 15 is 0 Å². The van der Waals surface area contributed by atoms with E-state index in [4.69, 9.17) is 33.9 Å². The second-order valence-corrected chi connectivity index (χ2v) is 3.51. The molecule has 0 amide bonds. The predicted octanol–water partition coefficient (Wildman–Crippen LogP) is -1.33. The van der Waals surface area contributed by atoms with E-state index in [0.717, 1.165) is 0 Å². The molecule has 0 saturated heterocycles. The molecule has 0 aliphatic rings. The topological polar surface area (TPSA) is 86.6 Å². The largest absolute Gasteiger partial charge is 0.394 e. The fourth-order valence-corrected chi connectivity index (χ4v) is 1.11. The van der Waals surface area contributed by atoms with Crippen LogP contribution in [-0.2, 0) is 23.7 Å². The molecule has 0 rings (SSSR count). The molecule has 20 heavy (non-hydrogen) atoms. The second-order valence-electron chi connectivity index (χ2n) is 3.51. The Balaban J connectivity index is 0. The molecule has 117 valence electrons. The van der Waals surface area contributed by atoms with Gasteiger partial charge in [-0.3, -0.25) is 0 Å². The number of hydrogen-bond donors (Lipinski definition) is 2. The van der Waals surface area contributed by atoms with E-state index in [1.54, 1.807) is 0 Å². The fourth-order valence-electron chi connectivity index (χ4n) is 1.11. The SMILES string of the molecule is OCCOCCOCCOCCOCCOCCO.[K]. The number of hydrogen-bond acceptors (Lipinski definition) is 7. The van der Waals surface area contributed by atoms with Gasteiger partial charge >= 0.3 is 0 Å². The molecule has 0 aliphatic carbocycles. The first-order valence-corrected chi connectivity index (χ1v) is 6.52. The van der Waals surface area contributed by atoms with Gasteiger partial charge in [-0.15, -0.1) is 0 Å². The third kappa shape index (κ3) is 21.7. The van der Waals surface area contributed by atoms with Gasteiger partial charge < -0.3 is 33.9 Å². The van der Waals surface area contributed by atoms with Crippen molar-refractivity contribution in [3.63, 3.8) is 0 Å². The molecule has 0 heterocycles. The van der Waals surface area contributed by atoms with E-state index in [1.807, 2.05) is 0 Å². The molecule has 0 unspecified atom stereocenters. The summed E-state index contributed by atoms with van der Waals surface area (Å²) in [6, 6.07) is 0. The summed E-state index contributed by atoms with van der Waals surface area (Å²) in [5, 5.41) is 16.9. The van der Waals surface area contributed by atoms with Crippen molar-refractivity contribution in [2.75, 3.05) is 79.3 Å². The molecule has 0 saturated carbocycles. The van der Waals surface area contributed by atoms with Crippen LogP contribution in [0.4, 0.5) is 0 Å². The van der Waals surface area contributed by atoms with Gasteiger partial charge in [-0.1, -0.05) is 0 Å². The van der Waals surface area contributed by atoms with Crippen molar-refractivity contribution in [2.45, 2.75) is 0 Å². The van der Waals surface area contributed by atoms with E-state index in [0.29, 0.717) is 66.1 Å². The third-order valence-corrected chi connectivity index (χ3v) is 1.96. The van der Waals surface area contributed by atoms with Gasteiger partial charge in [-0.2, -0.15) is 0 Å². The molecule has 0 fully saturated rings. The van der Waals surface area contributed by atoms with Gasteiger partial charge in [0.15, 0.2) is 0 Å². The van der Waals surface area contributed by atoms with Gasteiger partial charge in [0.05, 0.1) is 79.3 Å². The summed E-state index contributed by atoms with van der Waals surface area (Å²) in [4.78, 5) is 0. The average Bonchev–Trinajstić information content (AvgIpc) is 2.43. The van der Waals surface area contributed by atoms with E-state index in [2.05, 4.69) is 0 Å². The van der Waals surface area contributed by atoms with E-state index < -0.39 is 0 Å². The average molecular weight is 321 g/mol. The van der Waals surface area contributed by atoms with Gasteiger partial charge in [-0.25, -0.2) is 0 Å². The van der Waals surface area contributed by atoms with Crippen LogP contribution in [0.3, 0.4) is 0 Å². The number of rotatable bonds is 16. The van der Waals surface area contributed by atoms with Crippen molar-refractivity contribution >= 4 is 51.4 Å². The van der Waals surface area contributed by atoms with Crippen molar-refractivity contribution in [3.8, 4) is 0 Å². The van der Waals surface area contributed by atoms with Crippen molar-refractivity contribution in [3.05, 3.63) is 0 Å². The summed E-state index contributed by atoms with van der Waals surface area (Å²) < 4.78 is 25.8. The number of ether oxygens (including phenoxy) is 5. The molecular weight excluding hydrogens is 295 g/mol. The normalized spacial score (nSPS) is 10.5. The quantitative estimate of drug-likeness (QED) is 0.269. The van der Waals surface area contributed by atoms with E-state index in [9.17, 15) is 0 Å². The van der Waals surface area contributed by atoms with Gasteiger partial charge in [0.25, 0.3) is 0 Å². The molecule has 0 spiro atoms. The zero-order valence-electron chi connectivity index (χ0n) is 12.4. The Kier molecular flexibility index (Phi) is 26.7. The van der Waals surface area contributed by atoms with Crippen LogP contribution in [0, 0.1) is 0 Å². The Hall–Kier alpha value is 1.36. The van der Waals surface area contributed by atoms with E-state index in [1.165, 1.54) is 0 Å². The minimum absolute atomic E-state index is 0. The minimum atomic E-state index is 0. The molecule has 0 aromatic rings. The summed E-state index contributed by atoms with van der Waals surface area (Å²) in [5.74, 6) is 0. The summed E-state index contributed by atoms with van der Waals surface area (Å²) in [6.07, 6.45) is 0. The first-order chi connectivity index (χ1) is 9.41. The first kappa shape index (κ1) is 23.6. The summed E-state index contributed by atoms with van der Waals surface area (Å²) >= 11 is 0. The zero-order valence-corrected chi connectivity index (χ0v) is 15.5. The van der Waals surface area contributed by atoms with Crippen LogP contribution in [0.15, 0.2) is 0 Å². The Morgan fingerprint density at radius 1 is 0.400 bits per heavy atom. The van der Waals surface area contributed by atoms with Crippen LogP contribution >= 0.6 is 0 Å². The molecule has 0 bridgehead atoms. The molecule has 1 radical (unpaired) electrons. The van der Waals surface area contributed by atoms with Crippen LogP contribution in [0.5, 0.6) is 0 Å². The number of aliphatic hydroxyl groups excluding tert-OH is 2. The summed E-state index contributed by atoms with van der Waals surface area (Å²) in [7, 11) is 0. The molecule has 0 atom stereocenters. The fraction of sp³-hybridized carbons (Fsp3) is 1.00. The van der Waals surface area contributed by atoms with Crippen molar-refractivity contribution in [1.29, 1.82) is 0 Å². The molecule has 0 aromatic heterocycles. The second kappa shape index (κ2) is 22.6. The van der Waals surface area contributed by atoms with Gasteiger partial charge in [0, 0.05) is 51.4 Å². The van der Waals surface area contributed by atoms with Crippen LogP contribution in [-0.4, -0.2) is 141 Å². The van der Waals surface area contributed by atoms with Gasteiger partial charge in [0.1, 0.15) is 0 Å². The Morgan fingerprint density at radius 3 is 0.800 bits per heavy atom. The van der Waals surface area contributed by atoms with Crippen molar-refractivity contribution in [2.24, 2.45) is 0 Å². The maximum atomic E-state index is 8.45. The third-order valence-electron chi connectivity index (χ3n) is 1.96.